The predicted octanol–water partition coefficient (Wildman–Crippen LogP) is 2.64. The molecule has 1 aromatic carbocycles. The Balaban J connectivity index is 2.10. The van der Waals surface area contributed by atoms with Crippen LogP contribution in [0.1, 0.15) is 22.9 Å². The Morgan fingerprint density at radius 2 is 2.11 bits per heavy atom. The maximum Gasteiger partial charge on any atom is 0.119 e. The first-order valence-electron chi connectivity index (χ1n) is 6.00. The zero-order valence-corrected chi connectivity index (χ0v) is 10.8. The number of pyridine rings is 1. The number of rotatable bonds is 4. The molecule has 1 unspecified atom stereocenters. The van der Waals surface area contributed by atoms with E-state index in [1.54, 1.807) is 7.11 Å². The summed E-state index contributed by atoms with van der Waals surface area (Å²) in [6.07, 6.45) is 2.63. The van der Waals surface area contributed by atoms with Crippen molar-refractivity contribution in [2.24, 2.45) is 5.73 Å². The first kappa shape index (κ1) is 12.6. The summed E-state index contributed by atoms with van der Waals surface area (Å²) < 4.78 is 5.20. The van der Waals surface area contributed by atoms with E-state index in [0.29, 0.717) is 0 Å². The highest BCUT2D eigenvalue weighted by Gasteiger charge is 2.08. The zero-order chi connectivity index (χ0) is 13.0. The van der Waals surface area contributed by atoms with Crippen molar-refractivity contribution < 1.29 is 4.74 Å². The van der Waals surface area contributed by atoms with E-state index in [-0.39, 0.29) is 6.04 Å². The van der Waals surface area contributed by atoms with Gasteiger partial charge in [0.05, 0.1) is 7.11 Å². The van der Waals surface area contributed by atoms with E-state index in [4.69, 9.17) is 10.5 Å². The highest BCUT2D eigenvalue weighted by Crippen LogP contribution is 2.19. The summed E-state index contributed by atoms with van der Waals surface area (Å²) in [4.78, 5) is 4.27. The van der Waals surface area contributed by atoms with Crippen LogP contribution in [0.5, 0.6) is 5.75 Å². The second-order valence-corrected chi connectivity index (χ2v) is 4.40. The lowest BCUT2D eigenvalue weighted by atomic mass is 10.0. The van der Waals surface area contributed by atoms with Crippen molar-refractivity contribution in [3.63, 3.8) is 0 Å². The van der Waals surface area contributed by atoms with Gasteiger partial charge in [-0.3, -0.25) is 4.98 Å². The Morgan fingerprint density at radius 3 is 2.78 bits per heavy atom. The maximum atomic E-state index is 6.19. The van der Waals surface area contributed by atoms with Crippen molar-refractivity contribution in [3.8, 4) is 5.75 Å². The van der Waals surface area contributed by atoms with Crippen molar-refractivity contribution in [1.29, 1.82) is 0 Å². The molecule has 0 spiro atoms. The molecule has 0 bridgehead atoms. The minimum absolute atomic E-state index is 0.0368. The summed E-state index contributed by atoms with van der Waals surface area (Å²) in [5.41, 5.74) is 9.42. The van der Waals surface area contributed by atoms with E-state index >= 15 is 0 Å². The van der Waals surface area contributed by atoms with E-state index in [1.165, 1.54) is 5.56 Å². The molecule has 18 heavy (non-hydrogen) atoms. The average molecular weight is 242 g/mol. The van der Waals surface area contributed by atoms with E-state index in [9.17, 15) is 0 Å². The molecule has 1 aromatic heterocycles. The molecule has 94 valence electrons. The van der Waals surface area contributed by atoms with Crippen LogP contribution in [0.4, 0.5) is 0 Å². The van der Waals surface area contributed by atoms with Gasteiger partial charge in [0.15, 0.2) is 0 Å². The molecule has 0 radical (unpaired) electrons. The average Bonchev–Trinajstić information content (AvgIpc) is 2.39. The van der Waals surface area contributed by atoms with Crippen molar-refractivity contribution in [1.82, 2.24) is 4.98 Å². The minimum atomic E-state index is -0.0368. The van der Waals surface area contributed by atoms with Gasteiger partial charge < -0.3 is 10.5 Å². The number of ether oxygens (including phenoxy) is 1. The SMILES string of the molecule is COc1cccc(CC(N)c2ccc(C)nc2)c1. The number of hydrogen-bond acceptors (Lipinski definition) is 3. The van der Waals surface area contributed by atoms with Crippen molar-refractivity contribution in [3.05, 3.63) is 59.4 Å². The number of aryl methyl sites for hydroxylation is 1. The molecule has 1 atom stereocenters. The highest BCUT2D eigenvalue weighted by atomic mass is 16.5. The number of nitrogens with zero attached hydrogens (tertiary/aromatic N) is 1. The lowest BCUT2D eigenvalue weighted by molar-refractivity contribution is 0.414. The predicted molar refractivity (Wildman–Crippen MR) is 72.6 cm³/mol. The van der Waals surface area contributed by atoms with Crippen LogP contribution < -0.4 is 10.5 Å². The van der Waals surface area contributed by atoms with Crippen LogP contribution in [0.2, 0.25) is 0 Å². The lowest BCUT2D eigenvalue weighted by Crippen LogP contribution is -2.13. The highest BCUT2D eigenvalue weighted by molar-refractivity contribution is 5.30. The normalized spacial score (nSPS) is 12.2. The third kappa shape index (κ3) is 3.08. The van der Waals surface area contributed by atoms with Crippen molar-refractivity contribution >= 4 is 0 Å². The third-order valence-corrected chi connectivity index (χ3v) is 2.95. The maximum absolute atomic E-state index is 6.19. The summed E-state index contributed by atoms with van der Waals surface area (Å²) in [6.45, 7) is 1.97. The molecule has 0 amide bonds. The van der Waals surface area contributed by atoms with Gasteiger partial charge in [0, 0.05) is 17.9 Å². The molecule has 0 fully saturated rings. The van der Waals surface area contributed by atoms with Crippen molar-refractivity contribution in [2.75, 3.05) is 7.11 Å². The van der Waals surface area contributed by atoms with E-state index in [0.717, 1.165) is 23.4 Å². The molecular formula is C15H18N2O. The number of hydrogen-bond donors (Lipinski definition) is 1. The van der Waals surface area contributed by atoms with Crippen LogP contribution in [-0.4, -0.2) is 12.1 Å². The largest absolute Gasteiger partial charge is 0.497 e. The second kappa shape index (κ2) is 5.65. The standard InChI is InChI=1S/C15H18N2O/c1-11-6-7-13(10-17-11)15(16)9-12-4-3-5-14(8-12)18-2/h3-8,10,15H,9,16H2,1-2H3. The minimum Gasteiger partial charge on any atom is -0.497 e. The lowest BCUT2D eigenvalue weighted by Gasteiger charge is -2.12. The van der Waals surface area contributed by atoms with Crippen LogP contribution in [0.25, 0.3) is 0 Å². The van der Waals surface area contributed by atoms with Gasteiger partial charge in [0.1, 0.15) is 5.75 Å². The topological polar surface area (TPSA) is 48.1 Å². The molecule has 0 saturated carbocycles. The van der Waals surface area contributed by atoms with Gasteiger partial charge in [-0.1, -0.05) is 18.2 Å². The first-order valence-corrected chi connectivity index (χ1v) is 6.00. The molecule has 2 aromatic rings. The van der Waals surface area contributed by atoms with Crippen LogP contribution in [0, 0.1) is 6.92 Å². The summed E-state index contributed by atoms with van der Waals surface area (Å²) >= 11 is 0. The molecule has 0 aliphatic rings. The van der Waals surface area contributed by atoms with Gasteiger partial charge in [0.25, 0.3) is 0 Å². The van der Waals surface area contributed by atoms with Gasteiger partial charge >= 0.3 is 0 Å². The van der Waals surface area contributed by atoms with Crippen LogP contribution in [-0.2, 0) is 6.42 Å². The van der Waals surface area contributed by atoms with Gasteiger partial charge in [0.2, 0.25) is 0 Å². The fourth-order valence-electron chi connectivity index (χ4n) is 1.87. The molecule has 2 rings (SSSR count). The van der Waals surface area contributed by atoms with Gasteiger partial charge in [-0.25, -0.2) is 0 Å². The molecule has 3 nitrogen and oxygen atoms in total. The first-order chi connectivity index (χ1) is 8.69. The number of methoxy groups -OCH3 is 1. The van der Waals surface area contributed by atoms with Crippen LogP contribution in [0.15, 0.2) is 42.6 Å². The third-order valence-electron chi connectivity index (χ3n) is 2.95. The van der Waals surface area contributed by atoms with E-state index in [2.05, 4.69) is 11.1 Å². The van der Waals surface area contributed by atoms with Gasteiger partial charge in [-0.15, -0.1) is 0 Å². The van der Waals surface area contributed by atoms with Crippen molar-refractivity contribution in [2.45, 2.75) is 19.4 Å². The molecule has 1 heterocycles. The Bertz CT molecular complexity index is 508. The smallest absolute Gasteiger partial charge is 0.119 e. The quantitative estimate of drug-likeness (QED) is 0.896. The summed E-state index contributed by atoms with van der Waals surface area (Å²) in [6, 6.07) is 12.0. The number of aromatic nitrogens is 1. The van der Waals surface area contributed by atoms with Gasteiger partial charge in [-0.05, 0) is 42.7 Å². The Hall–Kier alpha value is -1.87. The summed E-state index contributed by atoms with van der Waals surface area (Å²) in [7, 11) is 1.67. The Kier molecular flexibility index (Phi) is 3.95. The van der Waals surface area contributed by atoms with E-state index < -0.39 is 0 Å². The summed E-state index contributed by atoms with van der Waals surface area (Å²) in [5.74, 6) is 0.863. The van der Waals surface area contributed by atoms with Crippen LogP contribution >= 0.6 is 0 Å². The molecule has 2 N–H and O–H groups in total. The second-order valence-electron chi connectivity index (χ2n) is 4.40. The zero-order valence-electron chi connectivity index (χ0n) is 10.8. The molecule has 0 aliphatic carbocycles. The number of benzene rings is 1. The van der Waals surface area contributed by atoms with Gasteiger partial charge in [-0.2, -0.15) is 0 Å². The van der Waals surface area contributed by atoms with E-state index in [1.807, 2.05) is 43.5 Å². The fourth-order valence-corrected chi connectivity index (χ4v) is 1.87. The molecule has 0 aliphatic heterocycles. The van der Waals surface area contributed by atoms with Crippen LogP contribution in [0.3, 0.4) is 0 Å². The summed E-state index contributed by atoms with van der Waals surface area (Å²) in [5, 5.41) is 0. The molecular weight excluding hydrogens is 224 g/mol. The molecule has 3 heteroatoms. The Morgan fingerprint density at radius 1 is 1.28 bits per heavy atom. The number of nitrogens with two attached hydrogens (primary N) is 1. The fraction of sp³-hybridized carbons (Fsp3) is 0.267. The monoisotopic (exact) mass is 242 g/mol. The Labute approximate surface area is 108 Å². The molecule has 0 saturated heterocycles.